The van der Waals surface area contributed by atoms with Gasteiger partial charge in [-0.05, 0) is 38.5 Å². The molecule has 0 aliphatic heterocycles. The fourth-order valence-corrected chi connectivity index (χ4v) is 8.96. The van der Waals surface area contributed by atoms with Crippen molar-refractivity contribution in [2.45, 2.75) is 341 Å². The molecule has 0 amide bonds. The number of unbranched alkanes of at least 4 members (excludes halogenated alkanes) is 47. The lowest BCUT2D eigenvalue weighted by Crippen LogP contribution is -2.05. The van der Waals surface area contributed by atoms with E-state index in [2.05, 4.69) is 26.0 Å². The molecule has 0 aromatic rings. The molecule has 0 N–H and O–H groups in total. The van der Waals surface area contributed by atoms with Crippen molar-refractivity contribution in [2.24, 2.45) is 0 Å². The standard InChI is InChI=1S/C57H112O2/c1-3-5-7-9-11-13-15-17-19-21-23-25-26-27-28-29-30-31-32-33-34-36-38-40-42-44-46-48-50-52-54-56-59-57(58)55-53-51-49-47-45-43-41-39-37-35-24-22-20-18-16-14-12-10-8-6-4-2/h18,20H,3-17,19,21-56H2,1-2H3. The Morgan fingerprint density at radius 2 is 0.475 bits per heavy atom. The molecule has 0 rings (SSSR count). The van der Waals surface area contributed by atoms with Gasteiger partial charge in [0.15, 0.2) is 0 Å². The first-order valence-electron chi connectivity index (χ1n) is 28.1. The van der Waals surface area contributed by atoms with Gasteiger partial charge in [0.2, 0.25) is 0 Å². The molecule has 0 aliphatic rings. The van der Waals surface area contributed by atoms with Gasteiger partial charge in [-0.1, -0.05) is 309 Å². The molecule has 0 atom stereocenters. The molecule has 2 nitrogen and oxygen atoms in total. The number of carbonyl (C=O) groups is 1. The highest BCUT2D eigenvalue weighted by atomic mass is 16.5. The molecule has 2 heteroatoms. The summed E-state index contributed by atoms with van der Waals surface area (Å²) in [4.78, 5) is 12.1. The van der Waals surface area contributed by atoms with E-state index in [1.54, 1.807) is 0 Å². The van der Waals surface area contributed by atoms with Crippen LogP contribution in [0.15, 0.2) is 12.2 Å². The fourth-order valence-electron chi connectivity index (χ4n) is 8.96. The van der Waals surface area contributed by atoms with Crippen LogP contribution in [0.1, 0.15) is 341 Å². The molecule has 352 valence electrons. The number of hydrogen-bond donors (Lipinski definition) is 0. The summed E-state index contributed by atoms with van der Waals surface area (Å²) < 4.78 is 5.51. The second-order valence-electron chi connectivity index (χ2n) is 19.3. The average molecular weight is 830 g/mol. The van der Waals surface area contributed by atoms with E-state index in [9.17, 15) is 4.79 Å². The highest BCUT2D eigenvalue weighted by Crippen LogP contribution is 2.18. The zero-order valence-electron chi connectivity index (χ0n) is 41.2. The summed E-state index contributed by atoms with van der Waals surface area (Å²) in [6.45, 7) is 5.23. The molecule has 0 radical (unpaired) electrons. The van der Waals surface area contributed by atoms with Gasteiger partial charge in [-0.3, -0.25) is 4.79 Å². The molecule has 0 heterocycles. The first-order chi connectivity index (χ1) is 29.3. The van der Waals surface area contributed by atoms with Gasteiger partial charge in [-0.25, -0.2) is 0 Å². The first-order valence-corrected chi connectivity index (χ1v) is 28.1. The molecule has 0 saturated heterocycles. The number of ether oxygens (including phenoxy) is 1. The average Bonchev–Trinajstić information content (AvgIpc) is 3.24. The Kier molecular flexibility index (Phi) is 54.5. The van der Waals surface area contributed by atoms with E-state index in [0.717, 1.165) is 12.8 Å². The molecule has 0 spiro atoms. The minimum Gasteiger partial charge on any atom is -0.466 e. The van der Waals surface area contributed by atoms with Crippen LogP contribution in [0.2, 0.25) is 0 Å². The summed E-state index contributed by atoms with van der Waals surface area (Å²) in [7, 11) is 0. The number of allylic oxidation sites excluding steroid dienone is 2. The van der Waals surface area contributed by atoms with Crippen molar-refractivity contribution in [3.05, 3.63) is 12.2 Å². The summed E-state index contributed by atoms with van der Waals surface area (Å²) >= 11 is 0. The molecule has 0 unspecified atom stereocenters. The molecule has 0 aromatic heterocycles. The predicted molar refractivity (Wildman–Crippen MR) is 267 cm³/mol. The molecule has 0 saturated carbocycles. The topological polar surface area (TPSA) is 26.3 Å². The smallest absolute Gasteiger partial charge is 0.305 e. The van der Waals surface area contributed by atoms with Crippen LogP contribution in [0.4, 0.5) is 0 Å². The third kappa shape index (κ3) is 55.2. The highest BCUT2D eigenvalue weighted by Gasteiger charge is 2.03. The number of hydrogen-bond acceptors (Lipinski definition) is 2. The van der Waals surface area contributed by atoms with Crippen LogP contribution in [0.5, 0.6) is 0 Å². The van der Waals surface area contributed by atoms with E-state index < -0.39 is 0 Å². The molecular weight excluding hydrogens is 717 g/mol. The fraction of sp³-hybridized carbons (Fsp3) is 0.947. The van der Waals surface area contributed by atoms with Crippen molar-refractivity contribution in [3.63, 3.8) is 0 Å². The van der Waals surface area contributed by atoms with Gasteiger partial charge in [0.05, 0.1) is 6.61 Å². The first kappa shape index (κ1) is 58.2. The van der Waals surface area contributed by atoms with Crippen molar-refractivity contribution in [1.82, 2.24) is 0 Å². The van der Waals surface area contributed by atoms with Crippen LogP contribution in [0.3, 0.4) is 0 Å². The van der Waals surface area contributed by atoms with Gasteiger partial charge in [-0.15, -0.1) is 0 Å². The Morgan fingerprint density at radius 3 is 0.729 bits per heavy atom. The number of esters is 1. The zero-order chi connectivity index (χ0) is 42.5. The molecular formula is C57H112O2. The monoisotopic (exact) mass is 829 g/mol. The summed E-state index contributed by atoms with van der Waals surface area (Å²) in [5.41, 5.74) is 0. The van der Waals surface area contributed by atoms with E-state index in [0.29, 0.717) is 13.0 Å². The molecule has 59 heavy (non-hydrogen) atoms. The van der Waals surface area contributed by atoms with E-state index in [1.165, 1.54) is 308 Å². The Morgan fingerprint density at radius 1 is 0.271 bits per heavy atom. The maximum atomic E-state index is 12.1. The van der Waals surface area contributed by atoms with Crippen LogP contribution in [-0.2, 0) is 9.53 Å². The van der Waals surface area contributed by atoms with Gasteiger partial charge in [0, 0.05) is 6.42 Å². The molecule has 0 aliphatic carbocycles. The second-order valence-corrected chi connectivity index (χ2v) is 19.3. The maximum Gasteiger partial charge on any atom is 0.305 e. The van der Waals surface area contributed by atoms with Gasteiger partial charge in [-0.2, -0.15) is 0 Å². The van der Waals surface area contributed by atoms with Gasteiger partial charge in [0.25, 0.3) is 0 Å². The summed E-state index contributed by atoms with van der Waals surface area (Å²) in [5, 5.41) is 0. The minimum atomic E-state index is 0.0314. The Hall–Kier alpha value is -0.790. The van der Waals surface area contributed by atoms with Crippen LogP contribution in [0, 0.1) is 0 Å². The maximum absolute atomic E-state index is 12.1. The third-order valence-electron chi connectivity index (χ3n) is 13.2. The van der Waals surface area contributed by atoms with E-state index >= 15 is 0 Å². The molecule has 0 aromatic carbocycles. The van der Waals surface area contributed by atoms with E-state index in [-0.39, 0.29) is 5.97 Å². The van der Waals surface area contributed by atoms with Crippen molar-refractivity contribution < 1.29 is 9.53 Å². The highest BCUT2D eigenvalue weighted by molar-refractivity contribution is 5.69. The number of rotatable bonds is 53. The summed E-state index contributed by atoms with van der Waals surface area (Å²) in [6.07, 6.45) is 75.3. The Bertz CT molecular complexity index is 773. The van der Waals surface area contributed by atoms with Gasteiger partial charge in [0.1, 0.15) is 0 Å². The zero-order valence-corrected chi connectivity index (χ0v) is 41.2. The lowest BCUT2D eigenvalue weighted by atomic mass is 10.0. The quantitative estimate of drug-likeness (QED) is 0.0347. The third-order valence-corrected chi connectivity index (χ3v) is 13.2. The van der Waals surface area contributed by atoms with Crippen LogP contribution < -0.4 is 0 Å². The normalized spacial score (nSPS) is 11.7. The lowest BCUT2D eigenvalue weighted by molar-refractivity contribution is -0.143. The van der Waals surface area contributed by atoms with Crippen LogP contribution in [-0.4, -0.2) is 12.6 Å². The van der Waals surface area contributed by atoms with Crippen molar-refractivity contribution >= 4 is 5.97 Å². The lowest BCUT2D eigenvalue weighted by Gasteiger charge is -2.06. The Labute approximate surface area is 374 Å². The summed E-state index contributed by atoms with van der Waals surface area (Å²) in [6, 6.07) is 0. The number of carbonyl (C=O) groups excluding carboxylic acids is 1. The van der Waals surface area contributed by atoms with E-state index in [1.807, 2.05) is 0 Å². The van der Waals surface area contributed by atoms with Crippen molar-refractivity contribution in [1.29, 1.82) is 0 Å². The Balaban J connectivity index is 3.15. The SMILES string of the molecule is CCCCCCCCC=CCCCCCCCCCCCCCC(=O)OCCCCCCCCCCCCCCCCCCCCCCCCCCCCCCCCC. The molecule has 0 fully saturated rings. The predicted octanol–water partition coefficient (Wildman–Crippen LogP) is 21.0. The van der Waals surface area contributed by atoms with Gasteiger partial charge >= 0.3 is 5.97 Å². The minimum absolute atomic E-state index is 0.0314. The molecule has 0 bridgehead atoms. The van der Waals surface area contributed by atoms with Gasteiger partial charge < -0.3 is 4.74 Å². The van der Waals surface area contributed by atoms with Crippen molar-refractivity contribution in [2.75, 3.05) is 6.61 Å². The summed E-state index contributed by atoms with van der Waals surface area (Å²) in [5.74, 6) is 0.0314. The second kappa shape index (κ2) is 55.2. The van der Waals surface area contributed by atoms with Crippen molar-refractivity contribution in [3.8, 4) is 0 Å². The van der Waals surface area contributed by atoms with Crippen LogP contribution >= 0.6 is 0 Å². The largest absolute Gasteiger partial charge is 0.466 e. The van der Waals surface area contributed by atoms with E-state index in [4.69, 9.17) is 4.74 Å². The van der Waals surface area contributed by atoms with Crippen LogP contribution in [0.25, 0.3) is 0 Å².